The lowest BCUT2D eigenvalue weighted by Gasteiger charge is -2.21. The summed E-state index contributed by atoms with van der Waals surface area (Å²) in [4.78, 5) is 0. The summed E-state index contributed by atoms with van der Waals surface area (Å²) in [5, 5.41) is 13.6. The first kappa shape index (κ1) is 11.8. The molecule has 2 nitrogen and oxygen atoms in total. The SMILES string of the molecule is Oc1cccc(CNCC2CCCCS2)c1. The second kappa shape index (κ2) is 6.16. The topological polar surface area (TPSA) is 32.3 Å². The van der Waals surface area contributed by atoms with Gasteiger partial charge in [-0.15, -0.1) is 0 Å². The molecule has 2 N–H and O–H groups in total. The quantitative estimate of drug-likeness (QED) is 0.844. The number of phenolic OH excluding ortho intramolecular Hbond substituents is 1. The van der Waals surface area contributed by atoms with Gasteiger partial charge in [-0.25, -0.2) is 0 Å². The molecule has 16 heavy (non-hydrogen) atoms. The van der Waals surface area contributed by atoms with Crippen molar-refractivity contribution in [2.75, 3.05) is 12.3 Å². The minimum atomic E-state index is 0.353. The number of phenols is 1. The van der Waals surface area contributed by atoms with Gasteiger partial charge in [0.25, 0.3) is 0 Å². The highest BCUT2D eigenvalue weighted by Crippen LogP contribution is 2.24. The summed E-state index contributed by atoms with van der Waals surface area (Å²) < 4.78 is 0. The monoisotopic (exact) mass is 237 g/mol. The molecule has 1 heterocycles. The lowest BCUT2D eigenvalue weighted by molar-refractivity contribution is 0.474. The second-order valence-electron chi connectivity index (χ2n) is 4.29. The Kier molecular flexibility index (Phi) is 4.55. The van der Waals surface area contributed by atoms with Gasteiger partial charge in [-0.05, 0) is 36.3 Å². The third-order valence-electron chi connectivity index (χ3n) is 2.89. The predicted octanol–water partition coefficient (Wildman–Crippen LogP) is 2.77. The fourth-order valence-corrected chi connectivity index (χ4v) is 3.29. The van der Waals surface area contributed by atoms with Gasteiger partial charge in [-0.3, -0.25) is 0 Å². The molecule has 1 unspecified atom stereocenters. The van der Waals surface area contributed by atoms with E-state index in [0.29, 0.717) is 5.75 Å². The predicted molar refractivity (Wildman–Crippen MR) is 69.9 cm³/mol. The summed E-state index contributed by atoms with van der Waals surface area (Å²) in [5.74, 6) is 1.67. The van der Waals surface area contributed by atoms with Crippen LogP contribution in [0, 0.1) is 0 Å². The molecule has 1 aliphatic rings. The Morgan fingerprint density at radius 2 is 2.31 bits per heavy atom. The van der Waals surface area contributed by atoms with Crippen LogP contribution < -0.4 is 5.32 Å². The standard InChI is InChI=1S/C13H19NOS/c15-12-5-3-4-11(8-12)9-14-10-13-6-1-2-7-16-13/h3-5,8,13-15H,1-2,6-7,9-10H2. The van der Waals surface area contributed by atoms with Crippen LogP contribution in [0.25, 0.3) is 0 Å². The Balaban J connectivity index is 1.71. The summed E-state index contributed by atoms with van der Waals surface area (Å²) >= 11 is 2.09. The van der Waals surface area contributed by atoms with Gasteiger partial charge in [0.2, 0.25) is 0 Å². The van der Waals surface area contributed by atoms with Crippen LogP contribution in [0.3, 0.4) is 0 Å². The Hall–Kier alpha value is -0.670. The fourth-order valence-electron chi connectivity index (χ4n) is 2.01. The molecule has 2 rings (SSSR count). The molecule has 1 aliphatic heterocycles. The van der Waals surface area contributed by atoms with Gasteiger partial charge >= 0.3 is 0 Å². The number of benzene rings is 1. The van der Waals surface area contributed by atoms with E-state index in [4.69, 9.17) is 0 Å². The van der Waals surface area contributed by atoms with Gasteiger partial charge in [-0.2, -0.15) is 11.8 Å². The van der Waals surface area contributed by atoms with Crippen LogP contribution >= 0.6 is 11.8 Å². The zero-order chi connectivity index (χ0) is 11.2. The second-order valence-corrected chi connectivity index (χ2v) is 5.70. The number of hydrogen-bond acceptors (Lipinski definition) is 3. The van der Waals surface area contributed by atoms with Gasteiger partial charge in [0, 0.05) is 18.3 Å². The molecular weight excluding hydrogens is 218 g/mol. The smallest absolute Gasteiger partial charge is 0.115 e. The number of hydrogen-bond donors (Lipinski definition) is 2. The van der Waals surface area contributed by atoms with Gasteiger partial charge in [-0.1, -0.05) is 18.6 Å². The zero-order valence-electron chi connectivity index (χ0n) is 9.48. The summed E-state index contributed by atoms with van der Waals surface area (Å²) in [6.45, 7) is 1.94. The van der Waals surface area contributed by atoms with E-state index in [9.17, 15) is 5.11 Å². The maximum atomic E-state index is 9.33. The average Bonchev–Trinajstić information content (AvgIpc) is 2.30. The first-order valence-corrected chi connectivity index (χ1v) is 7.00. The van der Waals surface area contributed by atoms with Crippen molar-refractivity contribution in [3.05, 3.63) is 29.8 Å². The largest absolute Gasteiger partial charge is 0.508 e. The minimum Gasteiger partial charge on any atom is -0.508 e. The van der Waals surface area contributed by atoms with Crippen molar-refractivity contribution in [1.29, 1.82) is 0 Å². The maximum absolute atomic E-state index is 9.33. The number of thioether (sulfide) groups is 1. The summed E-state index contributed by atoms with van der Waals surface area (Å²) in [6, 6.07) is 7.46. The lowest BCUT2D eigenvalue weighted by atomic mass is 10.2. The molecule has 1 aromatic carbocycles. The van der Waals surface area contributed by atoms with Crippen molar-refractivity contribution in [2.24, 2.45) is 0 Å². The van der Waals surface area contributed by atoms with E-state index in [1.807, 2.05) is 18.2 Å². The third-order valence-corrected chi connectivity index (χ3v) is 4.28. The van der Waals surface area contributed by atoms with Crippen LogP contribution in [0.4, 0.5) is 0 Å². The third kappa shape index (κ3) is 3.72. The van der Waals surface area contributed by atoms with Crippen molar-refractivity contribution < 1.29 is 5.11 Å². The van der Waals surface area contributed by atoms with Crippen LogP contribution in [-0.2, 0) is 6.54 Å². The van der Waals surface area contributed by atoms with Crippen molar-refractivity contribution in [2.45, 2.75) is 31.1 Å². The van der Waals surface area contributed by atoms with E-state index < -0.39 is 0 Å². The summed E-state index contributed by atoms with van der Waals surface area (Å²) in [5.41, 5.74) is 1.15. The Bertz CT molecular complexity index is 323. The molecular formula is C13H19NOS. The fraction of sp³-hybridized carbons (Fsp3) is 0.538. The molecule has 0 aromatic heterocycles. The highest BCUT2D eigenvalue weighted by atomic mass is 32.2. The van der Waals surface area contributed by atoms with Gasteiger partial charge in [0.15, 0.2) is 0 Å². The van der Waals surface area contributed by atoms with E-state index in [0.717, 1.165) is 23.9 Å². The molecule has 0 bridgehead atoms. The first-order chi connectivity index (χ1) is 7.84. The van der Waals surface area contributed by atoms with Crippen molar-refractivity contribution in [3.8, 4) is 5.75 Å². The molecule has 0 amide bonds. The number of nitrogens with one attached hydrogen (secondary N) is 1. The Morgan fingerprint density at radius 3 is 3.06 bits per heavy atom. The normalized spacial score (nSPS) is 20.9. The zero-order valence-corrected chi connectivity index (χ0v) is 10.3. The summed E-state index contributed by atoms with van der Waals surface area (Å²) in [6.07, 6.45) is 4.11. The molecule has 1 aromatic rings. The molecule has 1 saturated heterocycles. The number of rotatable bonds is 4. The first-order valence-electron chi connectivity index (χ1n) is 5.95. The highest BCUT2D eigenvalue weighted by molar-refractivity contribution is 7.99. The van der Waals surface area contributed by atoms with Crippen molar-refractivity contribution in [1.82, 2.24) is 5.32 Å². The molecule has 88 valence electrons. The van der Waals surface area contributed by atoms with E-state index in [2.05, 4.69) is 17.1 Å². The van der Waals surface area contributed by atoms with Crippen molar-refractivity contribution in [3.63, 3.8) is 0 Å². The molecule has 0 aliphatic carbocycles. The van der Waals surface area contributed by atoms with Gasteiger partial charge in [0.05, 0.1) is 0 Å². The highest BCUT2D eigenvalue weighted by Gasteiger charge is 2.12. The van der Waals surface area contributed by atoms with Crippen LogP contribution in [0.5, 0.6) is 5.75 Å². The molecule has 3 heteroatoms. The van der Waals surface area contributed by atoms with Crippen molar-refractivity contribution >= 4 is 11.8 Å². The molecule has 1 fully saturated rings. The average molecular weight is 237 g/mol. The Morgan fingerprint density at radius 1 is 1.38 bits per heavy atom. The molecule has 0 spiro atoms. The van der Waals surface area contributed by atoms with E-state index in [1.165, 1.54) is 25.0 Å². The van der Waals surface area contributed by atoms with Crippen LogP contribution in [0.1, 0.15) is 24.8 Å². The van der Waals surface area contributed by atoms with Gasteiger partial charge < -0.3 is 10.4 Å². The molecule has 1 atom stereocenters. The maximum Gasteiger partial charge on any atom is 0.115 e. The van der Waals surface area contributed by atoms with E-state index in [-0.39, 0.29) is 0 Å². The van der Waals surface area contributed by atoms with E-state index >= 15 is 0 Å². The summed E-state index contributed by atoms with van der Waals surface area (Å²) in [7, 11) is 0. The van der Waals surface area contributed by atoms with Crippen LogP contribution in [0.2, 0.25) is 0 Å². The van der Waals surface area contributed by atoms with Crippen LogP contribution in [0.15, 0.2) is 24.3 Å². The molecule has 0 radical (unpaired) electrons. The lowest BCUT2D eigenvalue weighted by Crippen LogP contribution is -2.26. The number of aromatic hydroxyl groups is 1. The van der Waals surface area contributed by atoms with E-state index in [1.54, 1.807) is 6.07 Å². The van der Waals surface area contributed by atoms with Crippen LogP contribution in [-0.4, -0.2) is 22.7 Å². The Labute approximate surface area is 101 Å². The minimum absolute atomic E-state index is 0.353. The van der Waals surface area contributed by atoms with Gasteiger partial charge in [0.1, 0.15) is 5.75 Å². The molecule has 0 saturated carbocycles.